The number of thiazole rings is 1. The van der Waals surface area contributed by atoms with Gasteiger partial charge in [0.1, 0.15) is 4.70 Å². The van der Waals surface area contributed by atoms with Gasteiger partial charge >= 0.3 is 0 Å². The van der Waals surface area contributed by atoms with Gasteiger partial charge in [-0.15, -0.1) is 0 Å². The van der Waals surface area contributed by atoms with Crippen molar-refractivity contribution < 1.29 is 9.05 Å². The summed E-state index contributed by atoms with van der Waals surface area (Å²) in [5.41, 5.74) is 6.78. The lowest BCUT2D eigenvalue weighted by molar-refractivity contribution is -0.870. The molecule has 2 aromatic carbocycles. The van der Waals surface area contributed by atoms with Crippen molar-refractivity contribution in [2.75, 3.05) is 39.1 Å². The Morgan fingerprint density at radius 3 is 2.72 bits per heavy atom. The minimum absolute atomic E-state index is 1.01. The molecule has 0 bridgehead atoms. The zero-order valence-corrected chi connectivity index (χ0v) is 20.2. The molecule has 0 amide bonds. The molecule has 0 unspecified atom stereocenters. The van der Waals surface area contributed by atoms with Gasteiger partial charge in [-0.25, -0.2) is 0 Å². The number of hydrogen-bond donors (Lipinski definition) is 0. The number of nitrogens with zero attached hydrogens (tertiary/aromatic N) is 3. The summed E-state index contributed by atoms with van der Waals surface area (Å²) in [5, 5.41) is 1.42. The molecule has 4 heteroatoms. The smallest absolute Gasteiger partial charge is 0.265 e. The highest BCUT2D eigenvalue weighted by atomic mass is 32.1. The van der Waals surface area contributed by atoms with Gasteiger partial charge in [0, 0.05) is 48.5 Å². The largest absolute Gasteiger partial charge is 0.347 e. The first-order valence-corrected chi connectivity index (χ1v) is 12.5. The van der Waals surface area contributed by atoms with Crippen LogP contribution < -0.4 is 9.47 Å². The maximum Gasteiger partial charge on any atom is 0.265 e. The Hall–Kier alpha value is -2.69. The second-order valence-electron chi connectivity index (χ2n) is 9.84. The third kappa shape index (κ3) is 4.30. The van der Waals surface area contributed by atoms with Crippen molar-refractivity contribution in [1.29, 1.82) is 0 Å². The van der Waals surface area contributed by atoms with Crippen LogP contribution in [0.1, 0.15) is 29.8 Å². The third-order valence-corrected chi connectivity index (χ3v) is 7.60. The van der Waals surface area contributed by atoms with E-state index < -0.39 is 0 Å². The van der Waals surface area contributed by atoms with Crippen LogP contribution in [0.2, 0.25) is 0 Å². The average Bonchev–Trinajstić information content (AvgIpc) is 3.17. The standard InChI is InChI=1S/C28H33N3S/c1-31(2,3)21-9-18-29-20-17-22(24-11-4-5-12-25(24)29)15-16-23-10-8-19-30-26-13-6-7-14-27(26)32-28(23)30/h4-7,11-17,20H,8-10,18-19,21H2,1-3H3/q+2. The molecule has 3 heterocycles. The number of benzene rings is 2. The Kier molecular flexibility index (Phi) is 5.75. The number of hydrogen-bond acceptors (Lipinski definition) is 2. The number of aromatic nitrogens is 1. The second kappa shape index (κ2) is 8.68. The summed E-state index contributed by atoms with van der Waals surface area (Å²) in [6.45, 7) is 3.36. The number of anilines is 1. The molecule has 2 aliphatic heterocycles. The van der Waals surface area contributed by atoms with E-state index in [-0.39, 0.29) is 0 Å². The molecule has 5 rings (SSSR count). The van der Waals surface area contributed by atoms with Crippen molar-refractivity contribution >= 4 is 38.4 Å². The average molecular weight is 444 g/mol. The molecule has 32 heavy (non-hydrogen) atoms. The van der Waals surface area contributed by atoms with Crippen LogP contribution in [0.3, 0.4) is 0 Å². The van der Waals surface area contributed by atoms with Crippen LogP contribution >= 0.6 is 11.3 Å². The Labute approximate surface area is 195 Å². The molecular weight excluding hydrogens is 410 g/mol. The van der Waals surface area contributed by atoms with Crippen LogP contribution in [-0.2, 0) is 6.54 Å². The van der Waals surface area contributed by atoms with Crippen LogP contribution in [0.25, 0.3) is 21.4 Å². The predicted molar refractivity (Wildman–Crippen MR) is 138 cm³/mol. The second-order valence-corrected chi connectivity index (χ2v) is 10.9. The first kappa shape index (κ1) is 21.2. The fourth-order valence-corrected chi connectivity index (χ4v) is 5.98. The fraction of sp³-hybridized carbons (Fsp3) is 0.321. The lowest BCUT2D eigenvalue weighted by Gasteiger charge is -2.29. The monoisotopic (exact) mass is 443 g/mol. The Balaban J connectivity index is 1.43. The van der Waals surface area contributed by atoms with Gasteiger partial charge in [-0.05, 0) is 30.2 Å². The van der Waals surface area contributed by atoms with Gasteiger partial charge in [0.2, 0.25) is 5.52 Å². The van der Waals surface area contributed by atoms with Gasteiger partial charge in [0.25, 0.3) is 5.01 Å². The van der Waals surface area contributed by atoms with Gasteiger partial charge in [-0.1, -0.05) is 53.8 Å². The highest BCUT2D eigenvalue weighted by Crippen LogP contribution is 2.35. The first-order valence-electron chi connectivity index (χ1n) is 11.7. The number of rotatable bonds is 5. The van der Waals surface area contributed by atoms with E-state index in [9.17, 15) is 0 Å². The highest BCUT2D eigenvalue weighted by Gasteiger charge is 2.27. The molecule has 3 aromatic rings. The highest BCUT2D eigenvalue weighted by molar-refractivity contribution is 7.19. The van der Waals surface area contributed by atoms with Crippen LogP contribution in [0.4, 0.5) is 5.69 Å². The maximum atomic E-state index is 2.51. The van der Waals surface area contributed by atoms with Gasteiger partial charge in [-0.3, -0.25) is 0 Å². The molecule has 2 aliphatic rings. The molecule has 0 N–H and O–H groups in total. The zero-order valence-electron chi connectivity index (χ0n) is 19.4. The third-order valence-electron chi connectivity index (χ3n) is 6.36. The van der Waals surface area contributed by atoms with Gasteiger partial charge in [0.05, 0.1) is 27.7 Å². The summed E-state index contributed by atoms with van der Waals surface area (Å²) < 4.78 is 4.90. The number of allylic oxidation sites excluding steroid dienone is 5. The minimum Gasteiger partial charge on any atom is -0.347 e. The summed E-state index contributed by atoms with van der Waals surface area (Å²) in [6.07, 6.45) is 12.8. The normalized spacial score (nSPS) is 18.4. The van der Waals surface area contributed by atoms with Gasteiger partial charge in [0.15, 0.2) is 6.54 Å². The van der Waals surface area contributed by atoms with Gasteiger partial charge in [-0.2, -0.15) is 4.57 Å². The minimum atomic E-state index is 1.01. The number of quaternary nitrogens is 1. The van der Waals surface area contributed by atoms with E-state index in [0.29, 0.717) is 0 Å². The predicted octanol–water partition coefficient (Wildman–Crippen LogP) is 5.88. The van der Waals surface area contributed by atoms with Gasteiger partial charge < -0.3 is 9.38 Å². The van der Waals surface area contributed by atoms with Crippen molar-refractivity contribution in [2.24, 2.45) is 0 Å². The van der Waals surface area contributed by atoms with E-state index in [1.54, 1.807) is 0 Å². The van der Waals surface area contributed by atoms with E-state index >= 15 is 0 Å². The summed E-state index contributed by atoms with van der Waals surface area (Å²) in [6, 6.07) is 17.6. The fourth-order valence-electron chi connectivity index (χ4n) is 4.74. The molecule has 0 aliphatic carbocycles. The van der Waals surface area contributed by atoms with E-state index in [2.05, 4.69) is 104 Å². The van der Waals surface area contributed by atoms with Crippen molar-refractivity contribution in [3.63, 3.8) is 0 Å². The van der Waals surface area contributed by atoms with Crippen LogP contribution in [-0.4, -0.2) is 38.7 Å². The molecule has 0 spiro atoms. The first-order chi connectivity index (χ1) is 15.5. The Bertz CT molecular complexity index is 1220. The van der Waals surface area contributed by atoms with Crippen LogP contribution in [0, 0.1) is 0 Å². The Morgan fingerprint density at radius 2 is 1.84 bits per heavy atom. The molecule has 164 valence electrons. The van der Waals surface area contributed by atoms with Crippen molar-refractivity contribution in [3.05, 3.63) is 83.5 Å². The van der Waals surface area contributed by atoms with E-state index in [1.807, 2.05) is 11.3 Å². The van der Waals surface area contributed by atoms with E-state index in [0.717, 1.165) is 24.0 Å². The summed E-state index contributed by atoms with van der Waals surface area (Å²) in [7, 11) is 6.79. The molecule has 0 saturated heterocycles. The Morgan fingerprint density at radius 1 is 1.03 bits per heavy atom. The number of fused-ring (bicyclic) bond motifs is 4. The summed E-state index contributed by atoms with van der Waals surface area (Å²) in [4.78, 5) is 2.41. The molecule has 0 radical (unpaired) electrons. The van der Waals surface area contributed by atoms with Crippen molar-refractivity contribution in [1.82, 2.24) is 0 Å². The summed E-state index contributed by atoms with van der Waals surface area (Å²) >= 11 is 1.93. The molecule has 3 nitrogen and oxygen atoms in total. The quantitative estimate of drug-likeness (QED) is 0.353. The molecule has 1 aromatic heterocycles. The maximum absolute atomic E-state index is 2.51. The molecule has 0 fully saturated rings. The molecular formula is C28H33N3S+2. The van der Waals surface area contributed by atoms with Crippen LogP contribution in [0.15, 0.2) is 73.0 Å². The van der Waals surface area contributed by atoms with Crippen LogP contribution in [0.5, 0.6) is 0 Å². The van der Waals surface area contributed by atoms with E-state index in [4.69, 9.17) is 0 Å². The summed E-state index contributed by atoms with van der Waals surface area (Å²) in [5.74, 6) is 0. The molecule has 0 atom stereocenters. The van der Waals surface area contributed by atoms with Crippen molar-refractivity contribution in [2.45, 2.75) is 25.8 Å². The molecule has 0 saturated carbocycles. The lowest BCUT2D eigenvalue weighted by atomic mass is 9.98. The lowest BCUT2D eigenvalue weighted by Crippen LogP contribution is -2.38. The number of para-hydroxylation sites is 2. The van der Waals surface area contributed by atoms with Crippen molar-refractivity contribution in [3.8, 4) is 0 Å². The topological polar surface area (TPSA) is 7.12 Å². The SMILES string of the molecule is C[N+](C)(C)CCCN1C=C/C(=C/C=C2/CCC[n+]3c2sc2ccccc23)c2ccccc21. The number of aryl methyl sites for hydroxylation is 1. The van der Waals surface area contributed by atoms with E-state index in [1.165, 1.54) is 57.0 Å². The zero-order chi connectivity index (χ0) is 22.1.